The molecule has 4 heteroatoms. The van der Waals surface area contributed by atoms with Crippen LogP contribution in [0.5, 0.6) is 0 Å². The maximum atomic E-state index is 12.3. The van der Waals surface area contributed by atoms with Crippen molar-refractivity contribution in [2.45, 2.75) is 32.8 Å². The number of benzene rings is 1. The van der Waals surface area contributed by atoms with Crippen molar-refractivity contribution in [3.63, 3.8) is 0 Å². The Morgan fingerprint density at radius 3 is 3.10 bits per heavy atom. The monoisotopic (exact) mass is 276 g/mol. The zero-order chi connectivity index (χ0) is 14.4. The van der Waals surface area contributed by atoms with Gasteiger partial charge in [0, 0.05) is 25.9 Å². The summed E-state index contributed by atoms with van der Waals surface area (Å²) in [4.78, 5) is 14.2. The molecule has 1 aromatic rings. The minimum absolute atomic E-state index is 0.0118. The predicted molar refractivity (Wildman–Crippen MR) is 80.8 cm³/mol. The lowest BCUT2D eigenvalue weighted by Crippen LogP contribution is -2.42. The van der Waals surface area contributed by atoms with E-state index in [2.05, 4.69) is 12.2 Å². The first-order valence-electron chi connectivity index (χ1n) is 7.36. The van der Waals surface area contributed by atoms with E-state index < -0.39 is 0 Å². The van der Waals surface area contributed by atoms with Gasteiger partial charge in [-0.25, -0.2) is 4.79 Å². The quantitative estimate of drug-likeness (QED) is 0.914. The maximum Gasteiger partial charge on any atom is 0.321 e. The summed E-state index contributed by atoms with van der Waals surface area (Å²) in [6.07, 6.45) is 3.49. The lowest BCUT2D eigenvalue weighted by Gasteiger charge is -2.32. The third-order valence-electron chi connectivity index (χ3n) is 3.87. The van der Waals surface area contributed by atoms with Crippen molar-refractivity contribution in [1.82, 2.24) is 4.90 Å². The smallest absolute Gasteiger partial charge is 0.321 e. The summed E-state index contributed by atoms with van der Waals surface area (Å²) in [5.74, 6) is 0.648. The molecule has 1 aromatic carbocycles. The van der Waals surface area contributed by atoms with Gasteiger partial charge in [0.05, 0.1) is 6.61 Å². The van der Waals surface area contributed by atoms with E-state index in [0.29, 0.717) is 12.5 Å². The number of likely N-dealkylation sites (tertiary alicyclic amines) is 1. The number of amides is 2. The van der Waals surface area contributed by atoms with Crippen molar-refractivity contribution in [2.24, 2.45) is 5.92 Å². The molecule has 0 bridgehead atoms. The third-order valence-corrected chi connectivity index (χ3v) is 3.87. The molecule has 1 N–H and O–H groups in total. The predicted octanol–water partition coefficient (Wildman–Crippen LogP) is 3.49. The van der Waals surface area contributed by atoms with Gasteiger partial charge >= 0.3 is 6.03 Å². The fraction of sp³-hybridized carbons (Fsp3) is 0.562. The standard InChI is InChI=1S/C16H24N2O2/c1-3-13-7-5-9-18(11-13)16(19)17-15-8-4-6-14(10-15)12-20-2/h4,6,8,10,13H,3,5,7,9,11-12H2,1-2H3,(H,17,19)/t13-/m1/s1. The average molecular weight is 276 g/mol. The van der Waals surface area contributed by atoms with Gasteiger partial charge in [-0.2, -0.15) is 0 Å². The summed E-state index contributed by atoms with van der Waals surface area (Å²) in [5.41, 5.74) is 1.90. The average Bonchev–Trinajstić information content (AvgIpc) is 2.48. The first kappa shape index (κ1) is 14.9. The number of urea groups is 1. The molecule has 20 heavy (non-hydrogen) atoms. The van der Waals surface area contributed by atoms with E-state index in [1.54, 1.807) is 7.11 Å². The summed E-state index contributed by atoms with van der Waals surface area (Å²) < 4.78 is 5.11. The van der Waals surface area contributed by atoms with Gasteiger partial charge in [-0.05, 0) is 36.5 Å². The molecule has 1 saturated heterocycles. The molecule has 1 heterocycles. The normalized spacial score (nSPS) is 18.9. The number of ether oxygens (including phenoxy) is 1. The molecule has 0 saturated carbocycles. The minimum atomic E-state index is 0.0118. The zero-order valence-electron chi connectivity index (χ0n) is 12.4. The lowest BCUT2D eigenvalue weighted by molar-refractivity contribution is 0.176. The maximum absolute atomic E-state index is 12.3. The highest BCUT2D eigenvalue weighted by molar-refractivity contribution is 5.89. The van der Waals surface area contributed by atoms with Gasteiger partial charge < -0.3 is 15.0 Å². The summed E-state index contributed by atoms with van der Waals surface area (Å²) in [7, 11) is 1.67. The number of carbonyl (C=O) groups is 1. The first-order valence-corrected chi connectivity index (χ1v) is 7.36. The van der Waals surface area contributed by atoms with Crippen molar-refractivity contribution < 1.29 is 9.53 Å². The molecule has 0 spiro atoms. The van der Waals surface area contributed by atoms with Gasteiger partial charge in [-0.15, -0.1) is 0 Å². The highest BCUT2D eigenvalue weighted by Gasteiger charge is 2.22. The Morgan fingerprint density at radius 1 is 1.50 bits per heavy atom. The number of piperidine rings is 1. The number of nitrogens with zero attached hydrogens (tertiary/aromatic N) is 1. The number of nitrogens with one attached hydrogen (secondary N) is 1. The SMILES string of the molecule is CC[C@@H]1CCCN(C(=O)Nc2cccc(COC)c2)C1. The second kappa shape index (κ2) is 7.29. The zero-order valence-corrected chi connectivity index (χ0v) is 12.4. The molecule has 0 aromatic heterocycles. The molecule has 0 radical (unpaired) electrons. The van der Waals surface area contributed by atoms with Crippen molar-refractivity contribution in [3.8, 4) is 0 Å². The molecule has 0 aliphatic carbocycles. The van der Waals surface area contributed by atoms with E-state index in [1.807, 2.05) is 29.2 Å². The highest BCUT2D eigenvalue weighted by Crippen LogP contribution is 2.20. The van der Waals surface area contributed by atoms with Crippen LogP contribution in [-0.2, 0) is 11.3 Å². The van der Waals surface area contributed by atoms with E-state index in [-0.39, 0.29) is 6.03 Å². The van der Waals surface area contributed by atoms with Crippen LogP contribution in [0.1, 0.15) is 31.7 Å². The number of hydrogen-bond donors (Lipinski definition) is 1. The Hall–Kier alpha value is -1.55. The van der Waals surface area contributed by atoms with Gasteiger partial charge in [0.15, 0.2) is 0 Å². The fourth-order valence-corrected chi connectivity index (χ4v) is 2.69. The Morgan fingerprint density at radius 2 is 2.35 bits per heavy atom. The van der Waals surface area contributed by atoms with Gasteiger partial charge in [0.2, 0.25) is 0 Å². The van der Waals surface area contributed by atoms with E-state index in [0.717, 1.165) is 37.2 Å². The summed E-state index contributed by atoms with van der Waals surface area (Å²) in [6.45, 7) is 4.49. The van der Waals surface area contributed by atoms with Crippen molar-refractivity contribution in [1.29, 1.82) is 0 Å². The first-order chi connectivity index (χ1) is 9.72. The molecule has 2 amide bonds. The number of rotatable bonds is 4. The molecule has 2 rings (SSSR count). The third kappa shape index (κ3) is 3.97. The number of hydrogen-bond acceptors (Lipinski definition) is 2. The molecule has 0 unspecified atom stereocenters. The Balaban J connectivity index is 1.95. The largest absolute Gasteiger partial charge is 0.380 e. The van der Waals surface area contributed by atoms with E-state index in [1.165, 1.54) is 6.42 Å². The van der Waals surface area contributed by atoms with Crippen LogP contribution in [0.4, 0.5) is 10.5 Å². The van der Waals surface area contributed by atoms with Crippen LogP contribution in [0.15, 0.2) is 24.3 Å². The molecule has 4 nitrogen and oxygen atoms in total. The van der Waals surface area contributed by atoms with Crippen LogP contribution in [0.3, 0.4) is 0 Å². The molecule has 1 fully saturated rings. The molecular weight excluding hydrogens is 252 g/mol. The number of methoxy groups -OCH3 is 1. The molecule has 1 atom stereocenters. The van der Waals surface area contributed by atoms with Gasteiger partial charge in [0.25, 0.3) is 0 Å². The summed E-state index contributed by atoms with van der Waals surface area (Å²) >= 11 is 0. The summed E-state index contributed by atoms with van der Waals surface area (Å²) in [6, 6.07) is 7.82. The van der Waals surface area contributed by atoms with Crippen LogP contribution < -0.4 is 5.32 Å². The van der Waals surface area contributed by atoms with Crippen LogP contribution in [-0.4, -0.2) is 31.1 Å². The van der Waals surface area contributed by atoms with Crippen LogP contribution >= 0.6 is 0 Å². The lowest BCUT2D eigenvalue weighted by atomic mass is 9.96. The second-order valence-electron chi connectivity index (χ2n) is 5.43. The van der Waals surface area contributed by atoms with Crippen molar-refractivity contribution >= 4 is 11.7 Å². The van der Waals surface area contributed by atoms with E-state index in [4.69, 9.17) is 4.74 Å². The number of anilines is 1. The Kier molecular flexibility index (Phi) is 5.41. The Labute approximate surface area is 121 Å². The van der Waals surface area contributed by atoms with Gasteiger partial charge in [-0.1, -0.05) is 25.5 Å². The van der Waals surface area contributed by atoms with Crippen molar-refractivity contribution in [2.75, 3.05) is 25.5 Å². The van der Waals surface area contributed by atoms with Crippen LogP contribution in [0, 0.1) is 5.92 Å². The van der Waals surface area contributed by atoms with Crippen LogP contribution in [0.25, 0.3) is 0 Å². The van der Waals surface area contributed by atoms with E-state index >= 15 is 0 Å². The molecular formula is C16H24N2O2. The summed E-state index contributed by atoms with van der Waals surface area (Å²) in [5, 5.41) is 2.99. The van der Waals surface area contributed by atoms with Crippen LogP contribution in [0.2, 0.25) is 0 Å². The molecule has 1 aliphatic heterocycles. The minimum Gasteiger partial charge on any atom is -0.380 e. The van der Waals surface area contributed by atoms with E-state index in [9.17, 15) is 4.79 Å². The fourth-order valence-electron chi connectivity index (χ4n) is 2.69. The second-order valence-corrected chi connectivity index (χ2v) is 5.43. The molecule has 1 aliphatic rings. The topological polar surface area (TPSA) is 41.6 Å². The molecule has 110 valence electrons. The van der Waals surface area contributed by atoms with Gasteiger partial charge in [-0.3, -0.25) is 0 Å². The van der Waals surface area contributed by atoms with Crippen molar-refractivity contribution in [3.05, 3.63) is 29.8 Å². The number of carbonyl (C=O) groups excluding carboxylic acids is 1. The van der Waals surface area contributed by atoms with Gasteiger partial charge in [0.1, 0.15) is 0 Å². The highest BCUT2D eigenvalue weighted by atomic mass is 16.5. The Bertz CT molecular complexity index is 448.